The Morgan fingerprint density at radius 3 is 2.53 bits per heavy atom. The molecule has 0 saturated carbocycles. The van der Waals surface area contributed by atoms with Crippen LogP contribution in [0.15, 0.2) is 53.5 Å². The van der Waals surface area contributed by atoms with E-state index in [1.807, 2.05) is 0 Å². The van der Waals surface area contributed by atoms with E-state index in [1.165, 1.54) is 16.3 Å². The highest BCUT2D eigenvalue weighted by molar-refractivity contribution is 9.11. The molecule has 0 N–H and O–H groups in total. The summed E-state index contributed by atoms with van der Waals surface area (Å²) in [7, 11) is 1.06. The highest BCUT2D eigenvalue weighted by atomic mass is 79.9. The number of rotatable bonds is 3. The van der Waals surface area contributed by atoms with Crippen LogP contribution in [0.25, 0.3) is 10.8 Å². The Morgan fingerprint density at radius 2 is 1.88 bits per heavy atom. The van der Waals surface area contributed by atoms with Crippen LogP contribution < -0.4 is 0 Å². The van der Waals surface area contributed by atoms with Crippen molar-refractivity contribution in [2.24, 2.45) is 0 Å². The lowest BCUT2D eigenvalue weighted by molar-refractivity contribution is 0.721. The zero-order valence-corrected chi connectivity index (χ0v) is 13.9. The predicted molar refractivity (Wildman–Crippen MR) is 83.9 cm³/mol. The van der Waals surface area contributed by atoms with Gasteiger partial charge in [0.2, 0.25) is 0 Å². The summed E-state index contributed by atoms with van der Waals surface area (Å²) in [5.41, 5.74) is 1.41. The number of hydrogen-bond donors (Lipinski definition) is 0. The fourth-order valence-electron chi connectivity index (χ4n) is 2.23. The zero-order valence-electron chi connectivity index (χ0n) is 10.3. The average Bonchev–Trinajstić information content (AvgIpc) is 2.37. The number of hydrogen-bond acceptors (Lipinski definition) is 0. The van der Waals surface area contributed by atoms with Crippen molar-refractivity contribution in [1.82, 2.24) is 0 Å². The Labute approximate surface area is 114 Å². The molecule has 88 valence electrons. The first-order valence-corrected chi connectivity index (χ1v) is 7.72. The van der Waals surface area contributed by atoms with Crippen LogP contribution in [0.1, 0.15) is 18.9 Å². The van der Waals surface area contributed by atoms with Crippen molar-refractivity contribution in [2.45, 2.75) is 18.4 Å². The van der Waals surface area contributed by atoms with Gasteiger partial charge >= 0.3 is 0 Å². The van der Waals surface area contributed by atoms with Gasteiger partial charge < -0.3 is 0 Å². The molecule has 0 spiro atoms. The van der Waals surface area contributed by atoms with Gasteiger partial charge in [-0.05, 0) is 27.2 Å². The van der Waals surface area contributed by atoms with Crippen LogP contribution in [0.3, 0.4) is 0 Å². The van der Waals surface area contributed by atoms with Gasteiger partial charge in [0, 0.05) is 15.3 Å². The van der Waals surface area contributed by atoms with Gasteiger partial charge in [-0.2, -0.15) is 0 Å². The number of halogens is 1. The molecule has 2 heteroatoms. The Balaban J connectivity index is 2.74. The molecular weight excluding hydrogens is 288 g/mol. The minimum Gasteiger partial charge on any atom is -0.0883 e. The fourth-order valence-corrected chi connectivity index (χ4v) is 3.16. The number of allylic oxidation sites excluding steroid dienone is 1. The quantitative estimate of drug-likeness (QED) is 0.758. The molecule has 2 rings (SSSR count). The standard InChI is InChI=1S/C15H17BrSi/c1-3-15(17,11(2)16)14-10-6-8-12-7-4-5-9-13(12)14/h4-10H,2-3H2,1,17H3. The molecule has 0 bridgehead atoms. The van der Waals surface area contributed by atoms with Gasteiger partial charge in [0.05, 0.1) is 0 Å². The van der Waals surface area contributed by atoms with Gasteiger partial charge in [0.15, 0.2) is 0 Å². The molecule has 17 heavy (non-hydrogen) atoms. The Kier molecular flexibility index (Phi) is 3.55. The lowest BCUT2D eigenvalue weighted by atomic mass is 9.90. The van der Waals surface area contributed by atoms with Crippen molar-refractivity contribution in [2.75, 3.05) is 0 Å². The fraction of sp³-hybridized carbons (Fsp3) is 0.200. The van der Waals surface area contributed by atoms with Crippen molar-refractivity contribution < 1.29 is 0 Å². The van der Waals surface area contributed by atoms with E-state index in [4.69, 9.17) is 0 Å². The summed E-state index contributed by atoms with van der Waals surface area (Å²) < 4.78 is 1.11. The summed E-state index contributed by atoms with van der Waals surface area (Å²) in [5, 5.41) is 2.79. The van der Waals surface area contributed by atoms with E-state index in [9.17, 15) is 0 Å². The van der Waals surface area contributed by atoms with Gasteiger partial charge in [-0.15, -0.1) is 0 Å². The van der Waals surface area contributed by atoms with Gasteiger partial charge in [-0.25, -0.2) is 0 Å². The molecule has 1 unspecified atom stereocenters. The van der Waals surface area contributed by atoms with E-state index < -0.39 is 0 Å². The van der Waals surface area contributed by atoms with E-state index >= 15 is 0 Å². The van der Waals surface area contributed by atoms with Crippen molar-refractivity contribution in [1.29, 1.82) is 0 Å². The average molecular weight is 305 g/mol. The molecule has 0 aliphatic rings. The summed E-state index contributed by atoms with van der Waals surface area (Å²) in [6, 6.07) is 15.2. The Hall–Kier alpha value is -0.863. The molecule has 0 aliphatic heterocycles. The highest BCUT2D eigenvalue weighted by Crippen LogP contribution is 2.38. The van der Waals surface area contributed by atoms with Crippen LogP contribution in [-0.4, -0.2) is 10.2 Å². The molecule has 0 aliphatic carbocycles. The Morgan fingerprint density at radius 1 is 1.24 bits per heavy atom. The monoisotopic (exact) mass is 304 g/mol. The van der Waals surface area contributed by atoms with Crippen molar-refractivity contribution in [3.8, 4) is 0 Å². The molecule has 2 aromatic carbocycles. The van der Waals surface area contributed by atoms with Crippen LogP contribution in [0, 0.1) is 0 Å². The lowest BCUT2D eigenvalue weighted by Crippen LogP contribution is -2.25. The van der Waals surface area contributed by atoms with Crippen LogP contribution in [0.5, 0.6) is 0 Å². The molecule has 0 nitrogen and oxygen atoms in total. The van der Waals surface area contributed by atoms with Crippen LogP contribution in [-0.2, 0) is 5.04 Å². The first kappa shape index (κ1) is 12.6. The maximum atomic E-state index is 4.13. The maximum absolute atomic E-state index is 4.13. The van der Waals surface area contributed by atoms with Crippen LogP contribution in [0.4, 0.5) is 0 Å². The molecule has 0 amide bonds. The molecular formula is C15H17BrSi. The van der Waals surface area contributed by atoms with E-state index in [0.717, 1.165) is 21.1 Å². The smallest absolute Gasteiger partial charge is 0.0225 e. The zero-order chi connectivity index (χ0) is 12.5. The Bertz CT molecular complexity index is 556. The maximum Gasteiger partial charge on any atom is 0.0225 e. The lowest BCUT2D eigenvalue weighted by Gasteiger charge is -2.29. The number of fused-ring (bicyclic) bond motifs is 1. The van der Waals surface area contributed by atoms with Crippen molar-refractivity contribution in [3.05, 3.63) is 59.1 Å². The molecule has 0 aromatic heterocycles. The first-order valence-electron chi connectivity index (χ1n) is 5.92. The summed E-state index contributed by atoms with van der Waals surface area (Å²) in [4.78, 5) is 0. The molecule has 0 saturated heterocycles. The third kappa shape index (κ3) is 2.12. The van der Waals surface area contributed by atoms with E-state index in [2.05, 4.69) is 71.9 Å². The third-order valence-corrected chi connectivity index (χ3v) is 7.15. The number of benzene rings is 2. The largest absolute Gasteiger partial charge is 0.0883 e. The topological polar surface area (TPSA) is 0 Å². The second-order valence-corrected chi connectivity index (χ2v) is 7.28. The van der Waals surface area contributed by atoms with E-state index in [-0.39, 0.29) is 5.04 Å². The van der Waals surface area contributed by atoms with Crippen LogP contribution in [0.2, 0.25) is 0 Å². The second kappa shape index (κ2) is 4.79. The van der Waals surface area contributed by atoms with E-state index in [1.54, 1.807) is 0 Å². The molecule has 1 atom stereocenters. The normalized spacial score (nSPS) is 14.7. The summed E-state index contributed by atoms with van der Waals surface area (Å²) in [5.74, 6) is 0. The third-order valence-electron chi connectivity index (χ3n) is 3.69. The minimum absolute atomic E-state index is 0.126. The van der Waals surface area contributed by atoms with Gasteiger partial charge in [-0.1, -0.05) is 71.9 Å². The summed E-state index contributed by atoms with van der Waals surface area (Å²) in [6.07, 6.45) is 1.09. The molecule has 2 aromatic rings. The SMILES string of the molecule is C=C(Br)C([SiH3])(CC)c1cccc2ccccc12. The van der Waals surface area contributed by atoms with Crippen LogP contribution >= 0.6 is 15.9 Å². The molecule has 0 fully saturated rings. The van der Waals surface area contributed by atoms with Crippen molar-refractivity contribution >= 4 is 36.9 Å². The summed E-state index contributed by atoms with van der Waals surface area (Å²) >= 11 is 3.62. The van der Waals surface area contributed by atoms with Gasteiger partial charge in [-0.3, -0.25) is 0 Å². The highest BCUT2D eigenvalue weighted by Gasteiger charge is 2.27. The van der Waals surface area contributed by atoms with E-state index in [0.29, 0.717) is 0 Å². The molecule has 0 radical (unpaired) electrons. The molecule has 0 heterocycles. The minimum atomic E-state index is 0.126. The van der Waals surface area contributed by atoms with Gasteiger partial charge in [0.1, 0.15) is 0 Å². The van der Waals surface area contributed by atoms with Gasteiger partial charge in [0.25, 0.3) is 0 Å². The second-order valence-electron chi connectivity index (χ2n) is 4.62. The van der Waals surface area contributed by atoms with Crippen molar-refractivity contribution in [3.63, 3.8) is 0 Å². The summed E-state index contributed by atoms with van der Waals surface area (Å²) in [6.45, 7) is 6.37. The first-order chi connectivity index (χ1) is 8.09. The predicted octanol–water partition coefficient (Wildman–Crippen LogP) is 3.72.